The maximum Gasteiger partial charge on any atom is 0.283 e. The van der Waals surface area contributed by atoms with E-state index in [0.717, 1.165) is 29.1 Å². The average Bonchev–Trinajstić information content (AvgIpc) is 1.71. The fourth-order valence-electron chi connectivity index (χ4n) is 17.0. The zero-order valence-electron chi connectivity index (χ0n) is 85.8. The van der Waals surface area contributed by atoms with Gasteiger partial charge in [-0.05, 0) is 341 Å². The summed E-state index contributed by atoms with van der Waals surface area (Å²) in [5.41, 5.74) is 13.3. The summed E-state index contributed by atoms with van der Waals surface area (Å²) in [5, 5.41) is 16.1. The molecule has 4 N–H and O–H groups in total. The molecule has 0 atom stereocenters. The fourth-order valence-corrected chi connectivity index (χ4v) is 20.8. The minimum absolute atomic E-state index is 0.0552. The Hall–Kier alpha value is -13.5. The van der Waals surface area contributed by atoms with Gasteiger partial charge in [-0.25, -0.2) is 36.5 Å². The highest BCUT2D eigenvalue weighted by Gasteiger charge is 2.34. The van der Waals surface area contributed by atoms with Crippen molar-refractivity contribution in [2.24, 2.45) is 0 Å². The van der Waals surface area contributed by atoms with E-state index < -0.39 is 81.2 Å². The van der Waals surface area contributed by atoms with Crippen molar-refractivity contribution in [3.8, 4) is 44.5 Å². The third-order valence-electron chi connectivity index (χ3n) is 23.1. The van der Waals surface area contributed by atoms with Gasteiger partial charge in [0.25, 0.3) is 51.7 Å². The number of benzene rings is 4. The number of aryl methyl sites for hydroxylation is 1. The normalized spacial score (nSPS) is 12.3. The third-order valence-corrected chi connectivity index (χ3v) is 28.1. The van der Waals surface area contributed by atoms with Crippen LogP contribution >= 0.6 is 0 Å². The van der Waals surface area contributed by atoms with Gasteiger partial charge in [0.05, 0.1) is 48.5 Å². The Morgan fingerprint density at radius 3 is 0.910 bits per heavy atom. The highest BCUT2D eigenvalue weighted by atomic mass is 32.2. The predicted octanol–water partition coefficient (Wildman–Crippen LogP) is 16.4. The van der Waals surface area contributed by atoms with Crippen molar-refractivity contribution < 1.29 is 70.4 Å². The molecule has 1 aliphatic rings. The monoisotopic (exact) mass is 2070 g/mol. The number of hydrogen-bond acceptors (Lipinski definition) is 24. The summed E-state index contributed by atoms with van der Waals surface area (Å²) in [6.07, 6.45) is 8.52. The first-order valence-corrected chi connectivity index (χ1v) is 52.9. The van der Waals surface area contributed by atoms with E-state index in [1.807, 2.05) is 186 Å². The fraction of sp³-hybridized carbons (Fsp3) is 0.398. The van der Waals surface area contributed by atoms with Crippen LogP contribution in [0.15, 0.2) is 166 Å². The van der Waals surface area contributed by atoms with Crippen LogP contribution in [0.3, 0.4) is 0 Å². The van der Waals surface area contributed by atoms with E-state index in [2.05, 4.69) is 68.9 Å². The topological polar surface area (TPSA) is 397 Å². The number of carbonyl (C=O) groups is 4. The smallest absolute Gasteiger partial charge is 0.283 e. The Bertz CT molecular complexity index is 7350. The largest absolute Gasteiger partial charge is 0.361 e. The van der Waals surface area contributed by atoms with Gasteiger partial charge in [0.15, 0.2) is 20.1 Å². The lowest BCUT2D eigenvalue weighted by atomic mass is 9.88. The number of rotatable bonds is 35. The van der Waals surface area contributed by atoms with E-state index in [-0.39, 0.29) is 105 Å². The summed E-state index contributed by atoms with van der Waals surface area (Å²) < 4.78 is 178. The maximum absolute atomic E-state index is 14.9. The molecule has 145 heavy (non-hydrogen) atoms. The number of halogens is 4. The van der Waals surface area contributed by atoms with Gasteiger partial charge in [0.1, 0.15) is 35.7 Å². The highest BCUT2D eigenvalue weighted by molar-refractivity contribution is 7.90. The van der Waals surface area contributed by atoms with Crippen LogP contribution in [-0.4, -0.2) is 192 Å². The molecule has 0 aliphatic heterocycles. The molecule has 13 rings (SSSR count). The molecular weight excluding hydrogens is 1940 g/mol. The third kappa shape index (κ3) is 29.5. The molecule has 1 aliphatic carbocycles. The number of nitrogens with zero attached hydrogens (tertiary/aromatic N) is 18. The molecule has 8 heterocycles. The molecule has 0 fully saturated rings. The molecule has 0 unspecified atom stereocenters. The van der Waals surface area contributed by atoms with Crippen LogP contribution in [0.2, 0.25) is 0 Å². The Kier molecular flexibility index (Phi) is 38.0. The lowest BCUT2D eigenvalue weighted by Crippen LogP contribution is -2.32. The highest BCUT2D eigenvalue weighted by Crippen LogP contribution is 2.40. The van der Waals surface area contributed by atoms with Gasteiger partial charge in [-0.2, -0.15) is 54.1 Å². The summed E-state index contributed by atoms with van der Waals surface area (Å²) in [6.45, 7) is 44.8. The summed E-state index contributed by atoms with van der Waals surface area (Å²) in [6, 6.07) is 28.5. The second-order valence-corrected chi connectivity index (χ2v) is 45.0. The molecule has 34 nitrogen and oxygen atoms in total. The van der Waals surface area contributed by atoms with Crippen LogP contribution < -0.4 is 18.9 Å². The van der Waals surface area contributed by atoms with E-state index in [9.17, 15) is 70.4 Å². The molecule has 0 saturated heterocycles. The summed E-state index contributed by atoms with van der Waals surface area (Å²) in [5.74, 6) is -4.71. The van der Waals surface area contributed by atoms with Crippen LogP contribution in [0, 0.1) is 43.3 Å². The first-order chi connectivity index (χ1) is 68.0. The molecule has 0 radical (unpaired) electrons. The Labute approximate surface area is 846 Å². The zero-order valence-corrected chi connectivity index (χ0v) is 89.0. The molecule has 12 aromatic rings. The number of hydrogen-bond donors (Lipinski definition) is 4. The molecule has 8 aromatic heterocycles. The number of nitrogens with one attached hydrogen (secondary N) is 4. The van der Waals surface area contributed by atoms with E-state index in [0.29, 0.717) is 139 Å². The van der Waals surface area contributed by atoms with Crippen molar-refractivity contribution in [1.82, 2.24) is 97.5 Å². The molecule has 0 spiro atoms. The minimum Gasteiger partial charge on any atom is -0.361 e. The second kappa shape index (κ2) is 48.5. The molecule has 4 aromatic carbocycles. The number of pyridine rings is 4. The zero-order chi connectivity index (χ0) is 107. The number of carbonyl (C=O) groups excluding carboxylic acids is 4. The number of amides is 4. The minimum atomic E-state index is -4.25. The molecule has 0 saturated carbocycles. The van der Waals surface area contributed by atoms with Crippen molar-refractivity contribution in [2.45, 2.75) is 237 Å². The number of fused-ring (bicyclic) bond motifs is 1. The van der Waals surface area contributed by atoms with Crippen molar-refractivity contribution >= 4 is 75.4 Å². The van der Waals surface area contributed by atoms with E-state index in [4.69, 9.17) is 13.1 Å². The van der Waals surface area contributed by atoms with Gasteiger partial charge >= 0.3 is 0 Å². The summed E-state index contributed by atoms with van der Waals surface area (Å²) in [7, 11) is -1.91. The SMILES string of the molecule is CC(C)c1cc(F)cc(-c2ccncc2)c1CC(=O)NS(=O)(=O)c1cc(CN(C)C)n(C(C)C)n1.Cc1cc(-c2cc(F)cc(C(C)C)c2CC(=O)NS(=O)(=O)c2cc(CN(C)C)n(C(C)C)n2)ccn1.[C-]#[N+]c1cc(-c2cc(F)c3c(c2CC(=O)NS(=O)(=O)c2cc(CN(C)C)n(C(C)C)n2)CCC3)ccn1.[C-]#[N+]c1cc(-c2cc(F)cc(C(C)C)c2CC(=O)NS(=O)(=O)c2cc(CN(C)C)n(C(C)C)n2)ccn1. The van der Waals surface area contributed by atoms with Crippen LogP contribution in [0.25, 0.3) is 54.2 Å². The van der Waals surface area contributed by atoms with Gasteiger partial charge < -0.3 is 29.3 Å². The maximum atomic E-state index is 14.9. The standard InChI is InChI=1S/C26H29FN6O3S.C26H31FN6O3S.C26H34FN5O3S.C25H32FN5O3S/c1-16(2)33-18(15-32(4)5)12-26(30-33)37(35,36)31-25(34)14-22-19-7-6-8-20(19)23(27)13-21(22)17-9-10-29-24(11-17)28-3;1-16(2)21-11-19(27)12-22(18-8-9-29-24(10-18)28-5)23(21)14-25(34)31-37(35,36)26-13-20(15-32(6)7)33(30-26)17(3)4;1-16(2)22-11-20(27)12-23(19-8-9-28-18(5)10-19)24(22)14-25(33)30-36(34,35)26-13-21(15-31(6)7)32(29-26)17(3)4;1-16(2)21-11-19(26)12-22(18-7-9-27-10-8-18)23(21)14-24(32)29-35(33,34)25-13-20(15-30(5)6)31(28-25)17(3)4/h9-13,16H,6-8,14-15H2,1-2,4-5H3,(H,31,34);8-13,16-17H,14-15H2,1-4,6-7H3,(H,31,34);8-13,16-17H,14-15H2,1-7H3,(H,30,33);7-13,16-17H,14-15H2,1-6H3,(H,29,32). The molecule has 42 heteroatoms. The van der Waals surface area contributed by atoms with Crippen molar-refractivity contribution in [1.29, 1.82) is 0 Å². The van der Waals surface area contributed by atoms with Crippen LogP contribution in [0.1, 0.15) is 224 Å². The van der Waals surface area contributed by atoms with E-state index in [1.165, 1.54) is 91.3 Å². The van der Waals surface area contributed by atoms with Gasteiger partial charge in [0, 0.05) is 98.9 Å². The van der Waals surface area contributed by atoms with Gasteiger partial charge in [-0.1, -0.05) is 54.7 Å². The lowest BCUT2D eigenvalue weighted by molar-refractivity contribution is -0.119. The van der Waals surface area contributed by atoms with Crippen molar-refractivity contribution in [3.63, 3.8) is 0 Å². The van der Waals surface area contributed by atoms with Gasteiger partial charge in [-0.15, -0.1) is 9.97 Å². The molecular formula is C103H126F4N22O12S4. The Morgan fingerprint density at radius 2 is 0.628 bits per heavy atom. The summed E-state index contributed by atoms with van der Waals surface area (Å²) >= 11 is 0. The number of aromatic nitrogens is 12. The van der Waals surface area contributed by atoms with Crippen molar-refractivity contribution in [2.75, 3.05) is 56.4 Å². The van der Waals surface area contributed by atoms with Crippen molar-refractivity contribution in [3.05, 3.63) is 271 Å². The average molecular weight is 2070 g/mol. The first-order valence-electron chi connectivity index (χ1n) is 47.0. The van der Waals surface area contributed by atoms with Gasteiger partial charge in [0.2, 0.25) is 23.6 Å². The Balaban J connectivity index is 0.000000198. The van der Waals surface area contributed by atoms with E-state index in [1.54, 1.807) is 67.6 Å². The van der Waals surface area contributed by atoms with Crippen LogP contribution in [0.4, 0.5) is 29.2 Å². The first kappa shape index (κ1) is 113. The molecule has 0 bridgehead atoms. The molecule has 772 valence electrons. The molecule has 4 amide bonds. The lowest BCUT2D eigenvalue weighted by Gasteiger charge is -2.18. The number of sulfonamides is 4. The van der Waals surface area contributed by atoms with Crippen LogP contribution in [0.5, 0.6) is 0 Å². The summed E-state index contributed by atoms with van der Waals surface area (Å²) in [4.78, 5) is 82.7. The van der Waals surface area contributed by atoms with Gasteiger partial charge in [-0.3, -0.25) is 47.9 Å². The second-order valence-electron chi connectivity index (χ2n) is 38.5. The predicted molar refractivity (Wildman–Crippen MR) is 546 cm³/mol. The quantitative estimate of drug-likeness (QED) is 0.0212. The Morgan fingerprint density at radius 1 is 0.359 bits per heavy atom. The van der Waals surface area contributed by atoms with E-state index >= 15 is 0 Å². The van der Waals surface area contributed by atoms with Crippen LogP contribution in [-0.2, 0) is 124 Å².